The number of amides is 2. The van der Waals surface area contributed by atoms with Gasteiger partial charge in [-0.3, -0.25) is 9.59 Å². The predicted octanol–water partition coefficient (Wildman–Crippen LogP) is 2.97. The van der Waals surface area contributed by atoms with E-state index in [1.807, 2.05) is 37.3 Å². The Bertz CT molecular complexity index is 1120. The molecule has 2 N–H and O–H groups in total. The monoisotopic (exact) mass is 454 g/mol. The van der Waals surface area contributed by atoms with Gasteiger partial charge in [0.15, 0.2) is 9.84 Å². The number of hydrogen-bond acceptors (Lipinski definition) is 5. The molecule has 2 aromatic carbocycles. The quantitative estimate of drug-likeness (QED) is 0.382. The fraction of sp³-hybridized carbons (Fsp3) is 0.250. The molecule has 0 aliphatic carbocycles. The summed E-state index contributed by atoms with van der Waals surface area (Å²) in [5.41, 5.74) is 2.07. The molecule has 3 rings (SSSR count). The summed E-state index contributed by atoms with van der Waals surface area (Å²) >= 11 is 0. The molecule has 1 unspecified atom stereocenters. The molecule has 0 bridgehead atoms. The number of benzene rings is 2. The maximum Gasteiger partial charge on any atom is 0.309 e. The van der Waals surface area contributed by atoms with Crippen molar-refractivity contribution in [1.29, 1.82) is 0 Å². The molecule has 32 heavy (non-hydrogen) atoms. The van der Waals surface area contributed by atoms with Crippen molar-refractivity contribution in [3.05, 3.63) is 89.9 Å². The molecule has 8 heteroatoms. The molecule has 168 valence electrons. The zero-order valence-corrected chi connectivity index (χ0v) is 18.6. The van der Waals surface area contributed by atoms with Crippen LogP contribution in [0.5, 0.6) is 0 Å². The van der Waals surface area contributed by atoms with E-state index in [2.05, 4.69) is 10.6 Å². The van der Waals surface area contributed by atoms with Crippen LogP contribution in [0, 0.1) is 6.92 Å². The Morgan fingerprint density at radius 1 is 0.906 bits per heavy atom. The second-order valence-electron chi connectivity index (χ2n) is 7.42. The van der Waals surface area contributed by atoms with Crippen molar-refractivity contribution in [2.45, 2.75) is 29.9 Å². The predicted molar refractivity (Wildman–Crippen MR) is 121 cm³/mol. The minimum absolute atomic E-state index is 0.115. The average Bonchev–Trinajstić information content (AvgIpc) is 3.32. The molecule has 1 aromatic heterocycles. The molecule has 1 atom stereocenters. The van der Waals surface area contributed by atoms with Gasteiger partial charge in [-0.25, -0.2) is 8.42 Å². The van der Waals surface area contributed by atoms with E-state index < -0.39 is 26.9 Å². The number of aryl methyl sites for hydroxylation is 2. The van der Waals surface area contributed by atoms with E-state index in [0.717, 1.165) is 17.5 Å². The molecule has 0 saturated carbocycles. The smallest absolute Gasteiger partial charge is 0.309 e. The van der Waals surface area contributed by atoms with Crippen LogP contribution in [0.4, 0.5) is 0 Å². The first-order chi connectivity index (χ1) is 15.4. The zero-order chi connectivity index (χ0) is 23.0. The van der Waals surface area contributed by atoms with E-state index in [0.29, 0.717) is 13.0 Å². The molecule has 1 heterocycles. The van der Waals surface area contributed by atoms with E-state index in [9.17, 15) is 18.0 Å². The van der Waals surface area contributed by atoms with E-state index in [1.54, 1.807) is 18.2 Å². The van der Waals surface area contributed by atoms with Crippen molar-refractivity contribution in [2.24, 2.45) is 0 Å². The first kappa shape index (κ1) is 23.3. The van der Waals surface area contributed by atoms with Crippen LogP contribution in [0.1, 0.15) is 28.6 Å². The molecule has 0 saturated heterocycles. The number of nitrogens with one attached hydrogen (secondary N) is 2. The number of furan rings is 1. The third kappa shape index (κ3) is 6.07. The van der Waals surface area contributed by atoms with Crippen LogP contribution in [0.15, 0.2) is 82.3 Å². The Hall–Kier alpha value is -3.39. The van der Waals surface area contributed by atoms with Crippen molar-refractivity contribution < 1.29 is 22.4 Å². The van der Waals surface area contributed by atoms with Crippen LogP contribution in [-0.2, 0) is 25.8 Å². The molecule has 7 nitrogen and oxygen atoms in total. The van der Waals surface area contributed by atoms with Crippen LogP contribution < -0.4 is 10.6 Å². The third-order valence-electron chi connectivity index (χ3n) is 5.01. The largest absolute Gasteiger partial charge is 0.468 e. The normalized spacial score (nSPS) is 12.2. The maximum atomic E-state index is 13.2. The first-order valence-electron chi connectivity index (χ1n) is 10.3. The molecule has 0 fully saturated rings. The number of carbonyl (C=O) groups excluding carboxylic acids is 2. The van der Waals surface area contributed by atoms with Gasteiger partial charge in [0, 0.05) is 13.1 Å². The Morgan fingerprint density at radius 2 is 1.59 bits per heavy atom. The van der Waals surface area contributed by atoms with E-state index in [4.69, 9.17) is 4.42 Å². The minimum atomic E-state index is -3.85. The van der Waals surface area contributed by atoms with Gasteiger partial charge in [0.05, 0.1) is 11.2 Å². The van der Waals surface area contributed by atoms with Gasteiger partial charge in [0.2, 0.25) is 0 Å². The van der Waals surface area contributed by atoms with Crippen molar-refractivity contribution in [1.82, 2.24) is 10.6 Å². The van der Waals surface area contributed by atoms with Crippen LogP contribution in [0.2, 0.25) is 0 Å². The lowest BCUT2D eigenvalue weighted by atomic mass is 10.1. The Morgan fingerprint density at radius 3 is 2.25 bits per heavy atom. The van der Waals surface area contributed by atoms with E-state index in [1.165, 1.54) is 24.5 Å². The van der Waals surface area contributed by atoms with E-state index in [-0.39, 0.29) is 17.2 Å². The summed E-state index contributed by atoms with van der Waals surface area (Å²) in [7, 11) is -3.85. The number of hydrogen-bond donors (Lipinski definition) is 2. The molecule has 3 aromatic rings. The highest BCUT2D eigenvalue weighted by Gasteiger charge is 2.32. The SMILES string of the molecule is Cc1ccc(S(=O)(=O)C(CNC(=O)C(=O)NCCCc2ccccc2)c2ccco2)cc1. The fourth-order valence-electron chi connectivity index (χ4n) is 3.21. The summed E-state index contributed by atoms with van der Waals surface area (Å²) in [5, 5.41) is 3.83. The summed E-state index contributed by atoms with van der Waals surface area (Å²) < 4.78 is 31.6. The molecule has 0 radical (unpaired) electrons. The molecule has 0 aliphatic heterocycles. The summed E-state index contributed by atoms with van der Waals surface area (Å²) in [6.45, 7) is 1.91. The number of carbonyl (C=O) groups is 2. The van der Waals surface area contributed by atoms with Gasteiger partial charge in [0.1, 0.15) is 11.0 Å². The van der Waals surface area contributed by atoms with Gasteiger partial charge in [-0.2, -0.15) is 0 Å². The Kier molecular flexibility index (Phi) is 7.83. The highest BCUT2D eigenvalue weighted by molar-refractivity contribution is 7.91. The van der Waals surface area contributed by atoms with Gasteiger partial charge in [0.25, 0.3) is 0 Å². The van der Waals surface area contributed by atoms with Crippen molar-refractivity contribution >= 4 is 21.7 Å². The second kappa shape index (κ2) is 10.8. The molecule has 0 aliphatic rings. The van der Waals surface area contributed by atoms with Crippen LogP contribution >= 0.6 is 0 Å². The lowest BCUT2D eigenvalue weighted by Crippen LogP contribution is -2.42. The number of rotatable bonds is 9. The summed E-state index contributed by atoms with van der Waals surface area (Å²) in [5.74, 6) is -1.50. The fourth-order valence-corrected chi connectivity index (χ4v) is 4.80. The lowest BCUT2D eigenvalue weighted by molar-refractivity contribution is -0.139. The van der Waals surface area contributed by atoms with Crippen molar-refractivity contribution in [3.63, 3.8) is 0 Å². The minimum Gasteiger partial charge on any atom is -0.468 e. The summed E-state index contributed by atoms with van der Waals surface area (Å²) in [6, 6.07) is 19.4. The van der Waals surface area contributed by atoms with Crippen molar-refractivity contribution in [2.75, 3.05) is 13.1 Å². The van der Waals surface area contributed by atoms with Gasteiger partial charge in [-0.05, 0) is 49.6 Å². The van der Waals surface area contributed by atoms with Crippen LogP contribution in [0.3, 0.4) is 0 Å². The average molecular weight is 455 g/mol. The van der Waals surface area contributed by atoms with Crippen LogP contribution in [-0.4, -0.2) is 33.3 Å². The van der Waals surface area contributed by atoms with Gasteiger partial charge < -0.3 is 15.1 Å². The highest BCUT2D eigenvalue weighted by Crippen LogP contribution is 2.29. The third-order valence-corrected chi connectivity index (χ3v) is 7.09. The van der Waals surface area contributed by atoms with Gasteiger partial charge >= 0.3 is 11.8 Å². The van der Waals surface area contributed by atoms with Crippen LogP contribution in [0.25, 0.3) is 0 Å². The lowest BCUT2D eigenvalue weighted by Gasteiger charge is -2.17. The van der Waals surface area contributed by atoms with Gasteiger partial charge in [-0.1, -0.05) is 48.0 Å². The summed E-state index contributed by atoms with van der Waals surface area (Å²) in [6.07, 6.45) is 2.83. The highest BCUT2D eigenvalue weighted by atomic mass is 32.2. The Labute approximate surface area is 187 Å². The molecular weight excluding hydrogens is 428 g/mol. The number of sulfone groups is 1. The topological polar surface area (TPSA) is 105 Å². The molecular formula is C24H26N2O5S. The van der Waals surface area contributed by atoms with Gasteiger partial charge in [-0.15, -0.1) is 0 Å². The first-order valence-corrected chi connectivity index (χ1v) is 11.9. The van der Waals surface area contributed by atoms with Crippen molar-refractivity contribution in [3.8, 4) is 0 Å². The Balaban J connectivity index is 1.58. The van der Waals surface area contributed by atoms with E-state index >= 15 is 0 Å². The molecule has 2 amide bonds. The summed E-state index contributed by atoms with van der Waals surface area (Å²) in [4.78, 5) is 24.5. The second-order valence-corrected chi connectivity index (χ2v) is 9.55. The molecule has 0 spiro atoms. The standard InChI is InChI=1S/C24H26N2O5S/c1-18-11-13-20(14-12-18)32(29,30)22(21-10-6-16-31-21)17-26-24(28)23(27)25-15-5-9-19-7-3-2-4-8-19/h2-4,6-8,10-14,16,22H,5,9,15,17H2,1H3,(H,25,27)(H,26,28). The zero-order valence-electron chi connectivity index (χ0n) is 17.8. The maximum absolute atomic E-state index is 13.2.